The second-order valence-electron chi connectivity index (χ2n) is 13.1. The van der Waals surface area contributed by atoms with Gasteiger partial charge in [0.05, 0.1) is 36.6 Å². The van der Waals surface area contributed by atoms with Crippen LogP contribution in [0.15, 0.2) is 11.6 Å². The van der Waals surface area contributed by atoms with E-state index in [9.17, 15) is 25.2 Å². The molecule has 0 bridgehead atoms. The molecule has 0 aromatic heterocycles. The summed E-state index contributed by atoms with van der Waals surface area (Å²) in [5, 5.41) is 41.7. The van der Waals surface area contributed by atoms with Gasteiger partial charge in [0.1, 0.15) is 6.10 Å². The molecule has 7 nitrogen and oxygen atoms in total. The van der Waals surface area contributed by atoms with E-state index < -0.39 is 18.3 Å². The fraction of sp³-hybridized carbons (Fsp3) is 0.914. The average molecular weight is 597 g/mol. The van der Waals surface area contributed by atoms with Crippen LogP contribution in [-0.2, 0) is 14.3 Å². The number of ether oxygens (including phenoxy) is 2. The number of aliphatic hydroxyl groups is 4. The Morgan fingerprint density at radius 3 is 1.62 bits per heavy atom. The first-order valence-corrected chi connectivity index (χ1v) is 17.6. The summed E-state index contributed by atoms with van der Waals surface area (Å²) in [4.78, 5) is 11.6. The molecule has 2 heterocycles. The lowest BCUT2D eigenvalue weighted by molar-refractivity contribution is -0.139. The molecule has 7 heteroatoms. The smallest absolute Gasteiger partial charge is 0.334 e. The molecular weight excluding hydrogens is 532 g/mol. The van der Waals surface area contributed by atoms with Crippen molar-refractivity contribution >= 4 is 5.97 Å². The number of carbonyl (C=O) groups is 1. The third-order valence-electron chi connectivity index (χ3n) is 9.11. The Morgan fingerprint density at radius 1 is 0.667 bits per heavy atom. The Hall–Kier alpha value is -0.990. The molecule has 4 unspecified atom stereocenters. The van der Waals surface area contributed by atoms with Gasteiger partial charge in [0.2, 0.25) is 0 Å². The predicted octanol–water partition coefficient (Wildman–Crippen LogP) is 7.06. The molecule has 2 aliphatic heterocycles. The van der Waals surface area contributed by atoms with Crippen molar-refractivity contribution in [1.29, 1.82) is 0 Å². The second kappa shape index (κ2) is 22.5. The fourth-order valence-electron chi connectivity index (χ4n) is 6.42. The lowest BCUT2D eigenvalue weighted by Crippen LogP contribution is -2.31. The summed E-state index contributed by atoms with van der Waals surface area (Å²) in [6.45, 7) is 4.07. The van der Waals surface area contributed by atoms with Crippen LogP contribution in [0.2, 0.25) is 0 Å². The van der Waals surface area contributed by atoms with Gasteiger partial charge in [0, 0.05) is 12.0 Å². The molecule has 4 N–H and O–H groups in total. The first-order chi connectivity index (χ1) is 20.3. The lowest BCUT2D eigenvalue weighted by atomic mass is 9.99. The minimum atomic E-state index is -0.530. The van der Waals surface area contributed by atoms with Crippen molar-refractivity contribution < 1.29 is 34.7 Å². The maximum absolute atomic E-state index is 11.6. The molecule has 1 saturated heterocycles. The number of aliphatic hydroxyl groups excluding tert-OH is 4. The normalized spacial score (nSPS) is 23.5. The highest BCUT2D eigenvalue weighted by atomic mass is 16.5. The van der Waals surface area contributed by atoms with Crippen LogP contribution in [0.4, 0.5) is 0 Å². The van der Waals surface area contributed by atoms with Crippen LogP contribution >= 0.6 is 0 Å². The first kappa shape index (κ1) is 37.2. The number of rotatable bonds is 26. The molecular formula is C35H64O7. The maximum atomic E-state index is 11.6. The summed E-state index contributed by atoms with van der Waals surface area (Å²) in [6, 6.07) is 0. The van der Waals surface area contributed by atoms with Gasteiger partial charge in [-0.1, -0.05) is 103 Å². The van der Waals surface area contributed by atoms with Gasteiger partial charge in [-0.25, -0.2) is 4.79 Å². The monoisotopic (exact) mass is 596 g/mol. The van der Waals surface area contributed by atoms with Crippen LogP contribution in [0, 0.1) is 0 Å². The summed E-state index contributed by atoms with van der Waals surface area (Å²) in [5.41, 5.74) is 0.576. The molecule has 0 aromatic rings. The molecule has 0 saturated carbocycles. The standard InChI is InChI=1S/C35H64O7/c1-3-4-5-6-7-8-9-10-11-15-21-31(38)33-23-24-34(42-33)32(39)22-17-16-19-29(36)18-13-12-14-20-30(37)26-28-25-27(2)41-35(28)40/h25,27,29-34,36-39H,3-24,26H2,1-2H3/t27-,29?,30?,31?,32?,33-,34+/m0/s1. The average Bonchev–Trinajstić information content (AvgIpc) is 3.58. The summed E-state index contributed by atoms with van der Waals surface area (Å²) in [7, 11) is 0. The highest BCUT2D eigenvalue weighted by molar-refractivity contribution is 5.90. The fourth-order valence-corrected chi connectivity index (χ4v) is 6.42. The zero-order chi connectivity index (χ0) is 30.6. The van der Waals surface area contributed by atoms with Crippen LogP contribution in [0.25, 0.3) is 0 Å². The Kier molecular flexibility index (Phi) is 19.9. The van der Waals surface area contributed by atoms with E-state index in [0.717, 1.165) is 70.6 Å². The zero-order valence-electron chi connectivity index (χ0n) is 26.9. The second-order valence-corrected chi connectivity index (χ2v) is 13.1. The third-order valence-corrected chi connectivity index (χ3v) is 9.11. The van der Waals surface area contributed by atoms with Gasteiger partial charge < -0.3 is 29.9 Å². The van der Waals surface area contributed by atoms with E-state index in [0.29, 0.717) is 24.8 Å². The Balaban J connectivity index is 1.41. The van der Waals surface area contributed by atoms with Gasteiger partial charge in [-0.05, 0) is 57.9 Å². The summed E-state index contributed by atoms with van der Waals surface area (Å²) in [6.07, 6.45) is 22.4. The summed E-state index contributed by atoms with van der Waals surface area (Å²) >= 11 is 0. The predicted molar refractivity (Wildman–Crippen MR) is 168 cm³/mol. The quantitative estimate of drug-likeness (QED) is 0.0624. The van der Waals surface area contributed by atoms with Gasteiger partial charge in [-0.3, -0.25) is 0 Å². The van der Waals surface area contributed by atoms with E-state index in [2.05, 4.69) is 6.92 Å². The molecule has 246 valence electrons. The van der Waals surface area contributed by atoms with Crippen molar-refractivity contribution in [1.82, 2.24) is 0 Å². The highest BCUT2D eigenvalue weighted by Crippen LogP contribution is 2.28. The highest BCUT2D eigenvalue weighted by Gasteiger charge is 2.34. The number of hydrogen-bond donors (Lipinski definition) is 4. The van der Waals surface area contributed by atoms with Gasteiger partial charge in [0.15, 0.2) is 0 Å². The number of esters is 1. The van der Waals surface area contributed by atoms with Crippen molar-refractivity contribution in [3.8, 4) is 0 Å². The van der Waals surface area contributed by atoms with Crippen LogP contribution in [0.5, 0.6) is 0 Å². The molecule has 0 amide bonds. The first-order valence-electron chi connectivity index (χ1n) is 17.6. The topological polar surface area (TPSA) is 116 Å². The maximum Gasteiger partial charge on any atom is 0.334 e. The van der Waals surface area contributed by atoms with Crippen LogP contribution < -0.4 is 0 Å². The van der Waals surface area contributed by atoms with Gasteiger partial charge in [0.25, 0.3) is 0 Å². The molecule has 1 fully saturated rings. The van der Waals surface area contributed by atoms with Crippen molar-refractivity contribution in [2.45, 2.75) is 204 Å². The van der Waals surface area contributed by atoms with Crippen molar-refractivity contribution in [2.24, 2.45) is 0 Å². The Bertz CT molecular complexity index is 726. The number of hydrogen-bond acceptors (Lipinski definition) is 7. The molecule has 0 spiro atoms. The minimum absolute atomic E-state index is 0.147. The minimum Gasteiger partial charge on any atom is -0.455 e. The van der Waals surface area contributed by atoms with E-state index >= 15 is 0 Å². The lowest BCUT2D eigenvalue weighted by Gasteiger charge is -2.22. The summed E-state index contributed by atoms with van der Waals surface area (Å²) < 4.78 is 11.1. The molecule has 2 aliphatic rings. The molecule has 0 aliphatic carbocycles. The Morgan fingerprint density at radius 2 is 1.10 bits per heavy atom. The summed E-state index contributed by atoms with van der Waals surface area (Å²) in [5.74, 6) is -0.314. The van der Waals surface area contributed by atoms with Gasteiger partial charge in [-0.2, -0.15) is 0 Å². The van der Waals surface area contributed by atoms with Crippen LogP contribution in [-0.4, -0.2) is 69.1 Å². The van der Waals surface area contributed by atoms with E-state index in [1.165, 1.54) is 57.8 Å². The number of cyclic esters (lactones) is 1. The van der Waals surface area contributed by atoms with Gasteiger partial charge >= 0.3 is 5.97 Å². The van der Waals surface area contributed by atoms with Crippen LogP contribution in [0.3, 0.4) is 0 Å². The molecule has 0 radical (unpaired) electrons. The van der Waals surface area contributed by atoms with E-state index in [4.69, 9.17) is 9.47 Å². The third kappa shape index (κ3) is 16.2. The van der Waals surface area contributed by atoms with E-state index in [1.807, 2.05) is 6.92 Å². The SMILES string of the molecule is CCCCCCCCCCCCC(O)[C@@H]1CC[C@H](C(O)CCCCC(O)CCCCCC(O)CC2=C[C@H](C)OC2=O)O1. The van der Waals surface area contributed by atoms with Crippen molar-refractivity contribution in [3.05, 3.63) is 11.6 Å². The van der Waals surface area contributed by atoms with Crippen LogP contribution in [0.1, 0.15) is 162 Å². The molecule has 2 rings (SSSR count). The Labute approximate surface area is 256 Å². The zero-order valence-corrected chi connectivity index (χ0v) is 26.9. The molecule has 0 aromatic carbocycles. The van der Waals surface area contributed by atoms with Gasteiger partial charge in [-0.15, -0.1) is 0 Å². The molecule has 42 heavy (non-hydrogen) atoms. The number of unbranched alkanes of at least 4 members (excludes halogenated alkanes) is 12. The van der Waals surface area contributed by atoms with E-state index in [-0.39, 0.29) is 30.4 Å². The largest absolute Gasteiger partial charge is 0.455 e. The number of carbonyl (C=O) groups excluding carboxylic acids is 1. The molecule has 7 atom stereocenters. The van der Waals surface area contributed by atoms with E-state index in [1.54, 1.807) is 6.08 Å². The van der Waals surface area contributed by atoms with Crippen molar-refractivity contribution in [3.63, 3.8) is 0 Å². The van der Waals surface area contributed by atoms with Crippen molar-refractivity contribution in [2.75, 3.05) is 0 Å².